The van der Waals surface area contributed by atoms with Gasteiger partial charge in [-0.15, -0.1) is 0 Å². The van der Waals surface area contributed by atoms with Crippen molar-refractivity contribution in [2.45, 2.75) is 39.5 Å². The maximum Gasteiger partial charge on any atom is 0.222 e. The lowest BCUT2D eigenvalue weighted by Gasteiger charge is -2.15. The van der Waals surface area contributed by atoms with Crippen molar-refractivity contribution in [3.63, 3.8) is 0 Å². The van der Waals surface area contributed by atoms with Crippen molar-refractivity contribution >= 4 is 5.82 Å². The summed E-state index contributed by atoms with van der Waals surface area (Å²) in [7, 11) is 1.87. The van der Waals surface area contributed by atoms with E-state index in [1.165, 1.54) is 0 Å². The van der Waals surface area contributed by atoms with Crippen LogP contribution in [-0.4, -0.2) is 23.6 Å². The molecule has 0 spiro atoms. The van der Waals surface area contributed by atoms with Gasteiger partial charge in [-0.1, -0.05) is 27.2 Å². The Bertz CT molecular complexity index is 326. The molecule has 0 aliphatic rings. The number of aromatic nitrogens is 2. The van der Waals surface area contributed by atoms with E-state index < -0.39 is 0 Å². The average molecular weight is 223 g/mol. The van der Waals surface area contributed by atoms with Crippen LogP contribution in [0.5, 0.6) is 5.88 Å². The van der Waals surface area contributed by atoms with Crippen LogP contribution in [-0.2, 0) is 0 Å². The summed E-state index contributed by atoms with van der Waals surface area (Å²) in [5.74, 6) is 1.92. The fourth-order valence-corrected chi connectivity index (χ4v) is 1.53. The molecule has 0 saturated carbocycles. The summed E-state index contributed by atoms with van der Waals surface area (Å²) in [6, 6.07) is 0. The highest BCUT2D eigenvalue weighted by molar-refractivity contribution is 5.50. The van der Waals surface area contributed by atoms with E-state index >= 15 is 0 Å². The average Bonchev–Trinajstić information content (AvgIpc) is 2.28. The van der Waals surface area contributed by atoms with Crippen molar-refractivity contribution in [1.29, 1.82) is 0 Å². The summed E-state index contributed by atoms with van der Waals surface area (Å²) in [5.41, 5.74) is 1.06. The number of hydrogen-bond donors (Lipinski definition) is 1. The summed E-state index contributed by atoms with van der Waals surface area (Å²) in [6.45, 7) is 7.10. The van der Waals surface area contributed by atoms with Gasteiger partial charge >= 0.3 is 0 Å². The Morgan fingerprint density at radius 2 is 2.12 bits per heavy atom. The molecule has 0 radical (unpaired) electrons. The zero-order chi connectivity index (χ0) is 12.0. The zero-order valence-electron chi connectivity index (χ0n) is 10.6. The predicted octanol–water partition coefficient (Wildman–Crippen LogP) is 2.82. The van der Waals surface area contributed by atoms with E-state index in [9.17, 15) is 0 Å². The molecule has 1 heterocycles. The van der Waals surface area contributed by atoms with Gasteiger partial charge in [-0.05, 0) is 12.3 Å². The minimum absolute atomic E-state index is 0.347. The molecule has 1 aromatic heterocycles. The molecule has 0 aromatic carbocycles. The molecular formula is C12H21N3O. The van der Waals surface area contributed by atoms with Crippen LogP contribution in [0.15, 0.2) is 6.33 Å². The third-order valence-corrected chi connectivity index (χ3v) is 2.40. The molecule has 0 fully saturated rings. The van der Waals surface area contributed by atoms with Gasteiger partial charge in [0.05, 0.1) is 12.2 Å². The number of nitrogens with one attached hydrogen (secondary N) is 1. The van der Waals surface area contributed by atoms with Crippen LogP contribution in [0, 0.1) is 0 Å². The number of hydrogen-bond acceptors (Lipinski definition) is 4. The highest BCUT2D eigenvalue weighted by atomic mass is 16.5. The molecule has 1 aromatic rings. The van der Waals surface area contributed by atoms with Crippen molar-refractivity contribution < 1.29 is 4.74 Å². The van der Waals surface area contributed by atoms with Crippen LogP contribution < -0.4 is 10.1 Å². The fourth-order valence-electron chi connectivity index (χ4n) is 1.53. The quantitative estimate of drug-likeness (QED) is 0.753. The number of ether oxygens (including phenoxy) is 1. The van der Waals surface area contributed by atoms with Crippen molar-refractivity contribution in [3.05, 3.63) is 11.9 Å². The Hall–Kier alpha value is -1.32. The highest BCUT2D eigenvalue weighted by Gasteiger charge is 2.14. The molecule has 0 aliphatic carbocycles. The smallest absolute Gasteiger partial charge is 0.222 e. The molecule has 0 bridgehead atoms. The van der Waals surface area contributed by atoms with E-state index in [4.69, 9.17) is 4.74 Å². The summed E-state index contributed by atoms with van der Waals surface area (Å²) < 4.78 is 5.69. The molecule has 0 unspecified atom stereocenters. The molecule has 0 aliphatic heterocycles. The highest BCUT2D eigenvalue weighted by Crippen LogP contribution is 2.29. The molecule has 4 heteroatoms. The molecule has 4 nitrogen and oxygen atoms in total. The number of nitrogens with zero attached hydrogens (tertiary/aromatic N) is 2. The second-order valence-corrected chi connectivity index (χ2v) is 4.05. The van der Waals surface area contributed by atoms with Crippen LogP contribution in [0.3, 0.4) is 0 Å². The van der Waals surface area contributed by atoms with Crippen LogP contribution in [0.2, 0.25) is 0 Å². The van der Waals surface area contributed by atoms with Gasteiger partial charge in [0.1, 0.15) is 12.1 Å². The van der Waals surface area contributed by atoms with Crippen molar-refractivity contribution in [3.8, 4) is 5.88 Å². The van der Waals surface area contributed by atoms with Gasteiger partial charge in [-0.3, -0.25) is 0 Å². The molecule has 0 atom stereocenters. The first-order valence-electron chi connectivity index (χ1n) is 5.86. The summed E-state index contributed by atoms with van der Waals surface area (Å²) >= 11 is 0. The van der Waals surface area contributed by atoms with E-state index in [1.807, 2.05) is 7.05 Å². The zero-order valence-corrected chi connectivity index (χ0v) is 10.6. The molecule has 0 amide bonds. The molecule has 90 valence electrons. The van der Waals surface area contributed by atoms with Gasteiger partial charge in [-0.25, -0.2) is 9.97 Å². The Balaban J connectivity index is 2.89. The number of unbranched alkanes of at least 4 members (excludes halogenated alkanes) is 1. The molecule has 0 saturated heterocycles. The molecule has 1 rings (SSSR count). The first kappa shape index (κ1) is 12.7. The summed E-state index contributed by atoms with van der Waals surface area (Å²) in [5, 5.41) is 3.08. The summed E-state index contributed by atoms with van der Waals surface area (Å²) in [4.78, 5) is 8.41. The standard InChI is InChI=1S/C12H21N3O/c1-5-6-7-16-12-10(9(2)3)11(13-4)14-8-15-12/h8-9H,5-7H2,1-4H3,(H,13,14,15). The maximum atomic E-state index is 5.69. The Morgan fingerprint density at radius 1 is 1.38 bits per heavy atom. The van der Waals surface area contributed by atoms with Gasteiger partial charge in [0.15, 0.2) is 0 Å². The van der Waals surface area contributed by atoms with Gasteiger partial charge in [0, 0.05) is 7.05 Å². The van der Waals surface area contributed by atoms with Crippen LogP contribution in [0.1, 0.15) is 45.1 Å². The van der Waals surface area contributed by atoms with Gasteiger partial charge in [-0.2, -0.15) is 0 Å². The SMILES string of the molecule is CCCCOc1ncnc(NC)c1C(C)C. The number of rotatable bonds is 6. The van der Waals surface area contributed by atoms with Crippen LogP contribution in [0.25, 0.3) is 0 Å². The lowest BCUT2D eigenvalue weighted by Crippen LogP contribution is -2.07. The third kappa shape index (κ3) is 3.08. The first-order valence-corrected chi connectivity index (χ1v) is 5.86. The van der Waals surface area contributed by atoms with E-state index in [2.05, 4.69) is 36.1 Å². The predicted molar refractivity (Wildman–Crippen MR) is 66.1 cm³/mol. The van der Waals surface area contributed by atoms with Crippen LogP contribution in [0.4, 0.5) is 5.82 Å². The van der Waals surface area contributed by atoms with Crippen LogP contribution >= 0.6 is 0 Å². The van der Waals surface area contributed by atoms with Gasteiger partial charge in [0.25, 0.3) is 0 Å². The molecule has 16 heavy (non-hydrogen) atoms. The monoisotopic (exact) mass is 223 g/mol. The first-order chi connectivity index (χ1) is 7.70. The second-order valence-electron chi connectivity index (χ2n) is 4.05. The Morgan fingerprint density at radius 3 is 2.69 bits per heavy atom. The van der Waals surface area contributed by atoms with E-state index in [-0.39, 0.29) is 0 Å². The molecule has 1 N–H and O–H groups in total. The van der Waals surface area contributed by atoms with Crippen molar-refractivity contribution in [1.82, 2.24) is 9.97 Å². The van der Waals surface area contributed by atoms with E-state index in [0.717, 1.165) is 30.8 Å². The topological polar surface area (TPSA) is 47.0 Å². The van der Waals surface area contributed by atoms with Gasteiger partial charge < -0.3 is 10.1 Å². The Labute approximate surface area is 97.5 Å². The second kappa shape index (κ2) is 6.30. The van der Waals surface area contributed by atoms with E-state index in [1.54, 1.807) is 6.33 Å². The minimum Gasteiger partial charge on any atom is -0.477 e. The van der Waals surface area contributed by atoms with Crippen molar-refractivity contribution in [2.24, 2.45) is 0 Å². The largest absolute Gasteiger partial charge is 0.477 e. The number of anilines is 1. The third-order valence-electron chi connectivity index (χ3n) is 2.40. The molecular weight excluding hydrogens is 202 g/mol. The minimum atomic E-state index is 0.347. The van der Waals surface area contributed by atoms with Gasteiger partial charge in [0.2, 0.25) is 5.88 Å². The van der Waals surface area contributed by atoms with E-state index in [0.29, 0.717) is 11.8 Å². The Kier molecular flexibility index (Phi) is 5.02. The van der Waals surface area contributed by atoms with Crippen molar-refractivity contribution in [2.75, 3.05) is 19.0 Å². The lowest BCUT2D eigenvalue weighted by molar-refractivity contribution is 0.293. The maximum absolute atomic E-state index is 5.69. The normalized spacial score (nSPS) is 10.6. The lowest BCUT2D eigenvalue weighted by atomic mass is 10.1. The fraction of sp³-hybridized carbons (Fsp3) is 0.667. The summed E-state index contributed by atoms with van der Waals surface area (Å²) in [6.07, 6.45) is 3.72.